The first kappa shape index (κ1) is 21.2. The second kappa shape index (κ2) is 9.32. The first-order valence-electron chi connectivity index (χ1n) is 9.92. The minimum absolute atomic E-state index is 0.236. The molecule has 0 unspecified atom stereocenters. The van der Waals surface area contributed by atoms with Crippen LogP contribution in [0.4, 0.5) is 23.8 Å². The van der Waals surface area contributed by atoms with E-state index in [2.05, 4.69) is 15.2 Å². The number of urea groups is 1. The van der Waals surface area contributed by atoms with Crippen LogP contribution in [0.1, 0.15) is 37.7 Å². The number of aromatic nitrogens is 1. The summed E-state index contributed by atoms with van der Waals surface area (Å²) in [5, 5.41) is 4.59. The Kier molecular flexibility index (Phi) is 6.81. The minimum atomic E-state index is -4.48. The number of carbonyl (C=O) groups is 2. The van der Waals surface area contributed by atoms with E-state index in [1.807, 2.05) is 17.4 Å². The molecule has 7 nitrogen and oxygen atoms in total. The Morgan fingerprint density at radius 2 is 1.83 bits per heavy atom. The van der Waals surface area contributed by atoms with Gasteiger partial charge in [-0.15, -0.1) is 0 Å². The van der Waals surface area contributed by atoms with Crippen LogP contribution in [-0.4, -0.2) is 60.2 Å². The van der Waals surface area contributed by atoms with Crippen molar-refractivity contribution in [3.05, 3.63) is 23.9 Å². The molecule has 0 aromatic carbocycles. The molecule has 3 heterocycles. The Hall–Kier alpha value is -2.52. The first-order chi connectivity index (χ1) is 13.8. The number of rotatable bonds is 5. The van der Waals surface area contributed by atoms with Gasteiger partial charge in [0.25, 0.3) is 0 Å². The van der Waals surface area contributed by atoms with Gasteiger partial charge in [0.05, 0.1) is 0 Å². The van der Waals surface area contributed by atoms with Gasteiger partial charge in [0, 0.05) is 32.4 Å². The summed E-state index contributed by atoms with van der Waals surface area (Å²) in [6.07, 6.45) is 1.72. The lowest BCUT2D eigenvalue weighted by atomic mass is 10.1. The Bertz CT molecular complexity index is 705. The maximum Gasteiger partial charge on any atom is 0.405 e. The van der Waals surface area contributed by atoms with Gasteiger partial charge in [0.15, 0.2) is 0 Å². The number of alkyl halides is 3. The number of nitrogens with one attached hydrogen (secondary N) is 2. The van der Waals surface area contributed by atoms with Crippen molar-refractivity contribution in [3.63, 3.8) is 0 Å². The van der Waals surface area contributed by atoms with Crippen LogP contribution in [0.25, 0.3) is 0 Å². The molecule has 2 saturated heterocycles. The van der Waals surface area contributed by atoms with Gasteiger partial charge in [-0.1, -0.05) is 6.07 Å². The molecule has 2 aliphatic heterocycles. The van der Waals surface area contributed by atoms with Crippen molar-refractivity contribution >= 4 is 17.8 Å². The highest BCUT2D eigenvalue weighted by molar-refractivity contribution is 5.87. The van der Waals surface area contributed by atoms with Crippen LogP contribution < -0.4 is 15.5 Å². The van der Waals surface area contributed by atoms with Gasteiger partial charge in [0.1, 0.15) is 18.4 Å². The predicted octanol–water partition coefficient (Wildman–Crippen LogP) is 2.42. The average molecular weight is 413 g/mol. The molecule has 0 bridgehead atoms. The highest BCUT2D eigenvalue weighted by Gasteiger charge is 2.36. The number of pyridine rings is 1. The molecule has 160 valence electrons. The summed E-state index contributed by atoms with van der Waals surface area (Å²) in [7, 11) is 0. The fourth-order valence-electron chi connectivity index (χ4n) is 3.70. The number of carbonyl (C=O) groups excluding carboxylic acids is 2. The number of hydrogen-bond acceptors (Lipinski definition) is 4. The second-order valence-corrected chi connectivity index (χ2v) is 7.42. The van der Waals surface area contributed by atoms with Crippen LogP contribution in [-0.2, 0) is 11.3 Å². The molecule has 0 aliphatic carbocycles. The van der Waals surface area contributed by atoms with Crippen molar-refractivity contribution in [2.45, 2.75) is 50.9 Å². The average Bonchev–Trinajstić information content (AvgIpc) is 3.21. The van der Waals surface area contributed by atoms with Gasteiger partial charge in [-0.05, 0) is 43.7 Å². The van der Waals surface area contributed by atoms with E-state index in [-0.39, 0.29) is 6.54 Å². The van der Waals surface area contributed by atoms with E-state index in [0.29, 0.717) is 19.4 Å². The van der Waals surface area contributed by atoms with E-state index in [1.165, 1.54) is 11.3 Å². The summed E-state index contributed by atoms with van der Waals surface area (Å²) in [4.78, 5) is 32.4. The van der Waals surface area contributed by atoms with Crippen molar-refractivity contribution < 1.29 is 22.8 Å². The summed E-state index contributed by atoms with van der Waals surface area (Å²) in [6, 6.07) is 2.48. The van der Waals surface area contributed by atoms with E-state index in [0.717, 1.165) is 37.3 Å². The number of likely N-dealkylation sites (tertiary alicyclic amines) is 1. The van der Waals surface area contributed by atoms with E-state index in [4.69, 9.17) is 0 Å². The zero-order chi connectivity index (χ0) is 20.9. The smallest absolute Gasteiger partial charge is 0.357 e. The van der Waals surface area contributed by atoms with Crippen molar-refractivity contribution in [2.75, 3.05) is 31.1 Å². The Morgan fingerprint density at radius 3 is 2.48 bits per heavy atom. The molecule has 0 radical (unpaired) electrons. The van der Waals surface area contributed by atoms with Gasteiger partial charge >= 0.3 is 12.2 Å². The fraction of sp³-hybridized carbons (Fsp3) is 0.632. The third-order valence-corrected chi connectivity index (χ3v) is 5.21. The molecule has 1 aromatic heterocycles. The molecule has 1 atom stereocenters. The standard InChI is InChI=1S/C19H26F3N5O2/c20-19(21,22)13-25-17(28)15-5-4-10-27(15)18(29)24-12-14-6-7-16(23-11-14)26-8-2-1-3-9-26/h6-7,11,15H,1-5,8-10,12-13H2,(H,24,29)(H,25,28)/t15-/m0/s1. The summed E-state index contributed by atoms with van der Waals surface area (Å²) in [5.41, 5.74) is 0.816. The molecular formula is C19H26F3N5O2. The number of amides is 3. The van der Waals surface area contributed by atoms with Crippen LogP contribution in [0.2, 0.25) is 0 Å². The fourth-order valence-corrected chi connectivity index (χ4v) is 3.70. The number of halogens is 3. The lowest BCUT2D eigenvalue weighted by molar-refractivity contribution is -0.140. The summed E-state index contributed by atoms with van der Waals surface area (Å²) >= 11 is 0. The van der Waals surface area contributed by atoms with E-state index in [1.54, 1.807) is 6.20 Å². The van der Waals surface area contributed by atoms with E-state index in [9.17, 15) is 22.8 Å². The van der Waals surface area contributed by atoms with Crippen molar-refractivity contribution in [1.82, 2.24) is 20.5 Å². The largest absolute Gasteiger partial charge is 0.405 e. The van der Waals surface area contributed by atoms with Gasteiger partial charge in [-0.25, -0.2) is 9.78 Å². The molecule has 1 aromatic rings. The summed E-state index contributed by atoms with van der Waals surface area (Å²) in [6.45, 7) is 1.17. The SMILES string of the molecule is O=C(NCC(F)(F)F)[C@@H]1CCCN1C(=O)NCc1ccc(N2CCCCC2)nc1. The maximum atomic E-state index is 12.4. The lowest BCUT2D eigenvalue weighted by Crippen LogP contribution is -2.50. The topological polar surface area (TPSA) is 77.6 Å². The van der Waals surface area contributed by atoms with Crippen LogP contribution >= 0.6 is 0 Å². The normalized spacial score (nSPS) is 19.9. The van der Waals surface area contributed by atoms with Crippen LogP contribution in [0.5, 0.6) is 0 Å². The third kappa shape index (κ3) is 5.98. The van der Waals surface area contributed by atoms with Crippen LogP contribution in [0, 0.1) is 0 Å². The molecule has 2 N–H and O–H groups in total. The molecule has 2 aliphatic rings. The molecule has 3 rings (SSSR count). The Morgan fingerprint density at radius 1 is 1.07 bits per heavy atom. The molecule has 2 fully saturated rings. The minimum Gasteiger partial charge on any atom is -0.357 e. The molecule has 29 heavy (non-hydrogen) atoms. The van der Waals surface area contributed by atoms with Crippen molar-refractivity contribution in [3.8, 4) is 0 Å². The number of piperidine rings is 1. The first-order valence-corrected chi connectivity index (χ1v) is 9.92. The Labute approximate surface area is 167 Å². The highest BCUT2D eigenvalue weighted by atomic mass is 19.4. The zero-order valence-electron chi connectivity index (χ0n) is 16.2. The number of anilines is 1. The lowest BCUT2D eigenvalue weighted by Gasteiger charge is -2.27. The molecule has 0 saturated carbocycles. The van der Waals surface area contributed by atoms with Gasteiger partial charge < -0.3 is 20.4 Å². The van der Waals surface area contributed by atoms with E-state index < -0.39 is 30.7 Å². The number of nitrogens with zero attached hydrogens (tertiary/aromatic N) is 3. The summed E-state index contributed by atoms with van der Waals surface area (Å²) in [5.74, 6) is 0.142. The van der Waals surface area contributed by atoms with Crippen molar-refractivity contribution in [1.29, 1.82) is 0 Å². The monoisotopic (exact) mass is 413 g/mol. The maximum absolute atomic E-state index is 12.4. The summed E-state index contributed by atoms with van der Waals surface area (Å²) < 4.78 is 36.9. The highest BCUT2D eigenvalue weighted by Crippen LogP contribution is 2.20. The van der Waals surface area contributed by atoms with Crippen LogP contribution in [0.15, 0.2) is 18.3 Å². The quantitative estimate of drug-likeness (QED) is 0.777. The van der Waals surface area contributed by atoms with E-state index >= 15 is 0 Å². The predicted molar refractivity (Wildman–Crippen MR) is 101 cm³/mol. The molecule has 3 amide bonds. The number of hydrogen-bond donors (Lipinski definition) is 2. The second-order valence-electron chi connectivity index (χ2n) is 7.42. The molecule has 10 heteroatoms. The molecule has 0 spiro atoms. The Balaban J connectivity index is 1.49. The van der Waals surface area contributed by atoms with Crippen molar-refractivity contribution in [2.24, 2.45) is 0 Å². The van der Waals surface area contributed by atoms with Gasteiger partial charge in [-0.3, -0.25) is 4.79 Å². The zero-order valence-corrected chi connectivity index (χ0v) is 16.2. The van der Waals surface area contributed by atoms with Gasteiger partial charge in [0.2, 0.25) is 5.91 Å². The van der Waals surface area contributed by atoms with Crippen LogP contribution in [0.3, 0.4) is 0 Å². The van der Waals surface area contributed by atoms with Gasteiger partial charge in [-0.2, -0.15) is 13.2 Å². The molecular weight excluding hydrogens is 387 g/mol. The third-order valence-electron chi connectivity index (χ3n) is 5.21.